The molecule has 0 unspecified atom stereocenters. The molecule has 2 aromatic carbocycles. The summed E-state index contributed by atoms with van der Waals surface area (Å²) in [4.78, 5) is 8.70. The molecule has 3 rings (SSSR count). The monoisotopic (exact) mass is 320 g/mol. The normalized spacial score (nSPS) is 10.9. The maximum absolute atomic E-state index is 9.94. The first-order valence-corrected chi connectivity index (χ1v) is 7.34. The Bertz CT molecular complexity index is 894. The third-order valence-corrected chi connectivity index (χ3v) is 3.32. The van der Waals surface area contributed by atoms with Gasteiger partial charge in [0.2, 0.25) is 0 Å². The van der Waals surface area contributed by atoms with Crippen molar-refractivity contribution in [2.24, 2.45) is 5.10 Å². The highest BCUT2D eigenvalue weighted by Crippen LogP contribution is 2.26. The van der Waals surface area contributed by atoms with Crippen LogP contribution in [0.5, 0.6) is 11.5 Å². The third-order valence-electron chi connectivity index (χ3n) is 3.32. The number of benzene rings is 2. The van der Waals surface area contributed by atoms with E-state index in [1.54, 1.807) is 42.5 Å². The average Bonchev–Trinajstić information content (AvgIpc) is 2.56. The largest absolute Gasteiger partial charge is 0.507 e. The SMILES string of the molecule is Cc1cc(NN=Cc2ccccc2O)nc(-c2ccccc2O)n1. The molecular formula is C18H16N4O2. The van der Waals surface area contributed by atoms with Crippen molar-refractivity contribution in [3.63, 3.8) is 0 Å². The summed E-state index contributed by atoms with van der Waals surface area (Å²) in [5, 5.41) is 23.7. The summed E-state index contributed by atoms with van der Waals surface area (Å²) in [6.45, 7) is 1.84. The lowest BCUT2D eigenvalue weighted by Gasteiger charge is -2.07. The predicted octanol–water partition coefficient (Wildman–Crippen LogP) is 3.31. The van der Waals surface area contributed by atoms with Gasteiger partial charge in [0, 0.05) is 17.3 Å². The first-order valence-electron chi connectivity index (χ1n) is 7.34. The summed E-state index contributed by atoms with van der Waals surface area (Å²) in [7, 11) is 0. The van der Waals surface area contributed by atoms with Crippen molar-refractivity contribution in [3.8, 4) is 22.9 Å². The van der Waals surface area contributed by atoms with Crippen LogP contribution in [0.4, 0.5) is 5.82 Å². The van der Waals surface area contributed by atoms with Crippen LogP contribution in [0.3, 0.4) is 0 Å². The van der Waals surface area contributed by atoms with Crippen molar-refractivity contribution in [2.75, 3.05) is 5.43 Å². The van der Waals surface area contributed by atoms with E-state index in [1.807, 2.05) is 19.1 Å². The summed E-state index contributed by atoms with van der Waals surface area (Å²) in [6, 6.07) is 15.5. The van der Waals surface area contributed by atoms with E-state index < -0.39 is 0 Å². The number of anilines is 1. The second kappa shape index (κ2) is 6.78. The minimum absolute atomic E-state index is 0.117. The fourth-order valence-corrected chi connectivity index (χ4v) is 2.17. The topological polar surface area (TPSA) is 90.6 Å². The molecule has 0 saturated carbocycles. The van der Waals surface area contributed by atoms with E-state index in [9.17, 15) is 10.2 Å². The number of aromatic hydroxyl groups is 2. The van der Waals surface area contributed by atoms with Gasteiger partial charge in [-0.15, -0.1) is 0 Å². The molecule has 6 heteroatoms. The van der Waals surface area contributed by atoms with E-state index in [-0.39, 0.29) is 11.5 Å². The lowest BCUT2D eigenvalue weighted by molar-refractivity contribution is 0.474. The van der Waals surface area contributed by atoms with Gasteiger partial charge in [0.1, 0.15) is 11.5 Å². The van der Waals surface area contributed by atoms with Crippen molar-refractivity contribution in [1.29, 1.82) is 0 Å². The first-order chi connectivity index (χ1) is 11.6. The second-order valence-electron chi connectivity index (χ2n) is 5.16. The number of hydrazone groups is 1. The minimum Gasteiger partial charge on any atom is -0.507 e. The number of hydrogen-bond donors (Lipinski definition) is 3. The van der Waals surface area contributed by atoms with Crippen LogP contribution in [0, 0.1) is 6.92 Å². The van der Waals surface area contributed by atoms with Crippen molar-refractivity contribution < 1.29 is 10.2 Å². The highest BCUT2D eigenvalue weighted by atomic mass is 16.3. The van der Waals surface area contributed by atoms with Gasteiger partial charge in [0.15, 0.2) is 11.6 Å². The molecule has 0 spiro atoms. The molecule has 1 heterocycles. The van der Waals surface area contributed by atoms with E-state index in [0.717, 1.165) is 5.69 Å². The van der Waals surface area contributed by atoms with Crippen LogP contribution in [0.2, 0.25) is 0 Å². The van der Waals surface area contributed by atoms with Crippen molar-refractivity contribution in [3.05, 3.63) is 65.9 Å². The number of aryl methyl sites for hydroxylation is 1. The summed E-state index contributed by atoms with van der Waals surface area (Å²) >= 11 is 0. The van der Waals surface area contributed by atoms with Crippen LogP contribution in [0.15, 0.2) is 59.7 Å². The van der Waals surface area contributed by atoms with Gasteiger partial charge in [-0.05, 0) is 31.2 Å². The Hall–Kier alpha value is -3.41. The van der Waals surface area contributed by atoms with Gasteiger partial charge in [-0.3, -0.25) is 5.43 Å². The number of rotatable bonds is 4. The number of phenolic OH excluding ortho intramolecular Hbond substituents is 2. The molecule has 120 valence electrons. The van der Waals surface area contributed by atoms with Gasteiger partial charge in [-0.2, -0.15) is 5.10 Å². The minimum atomic E-state index is 0.117. The molecule has 3 N–H and O–H groups in total. The fraction of sp³-hybridized carbons (Fsp3) is 0.0556. The standard InChI is InChI=1S/C18H16N4O2/c1-12-10-17(22-19-11-13-6-2-4-8-15(13)23)21-18(20-12)14-7-3-5-9-16(14)24/h2-11,23-24H,1H3,(H,20,21,22). The van der Waals surface area contributed by atoms with Crippen molar-refractivity contribution >= 4 is 12.0 Å². The molecule has 0 amide bonds. The number of nitrogens with zero attached hydrogens (tertiary/aromatic N) is 3. The Labute approximate surface area is 139 Å². The first kappa shape index (κ1) is 15.5. The molecule has 0 aliphatic rings. The zero-order valence-electron chi connectivity index (χ0n) is 13.0. The van der Waals surface area contributed by atoms with Crippen LogP contribution >= 0.6 is 0 Å². The fourth-order valence-electron chi connectivity index (χ4n) is 2.17. The lowest BCUT2D eigenvalue weighted by Crippen LogP contribution is -1.99. The van der Waals surface area contributed by atoms with Gasteiger partial charge in [0.25, 0.3) is 0 Å². The Morgan fingerprint density at radius 3 is 2.42 bits per heavy atom. The smallest absolute Gasteiger partial charge is 0.165 e. The van der Waals surface area contributed by atoms with Gasteiger partial charge < -0.3 is 10.2 Å². The average molecular weight is 320 g/mol. The Morgan fingerprint density at radius 2 is 1.67 bits per heavy atom. The molecule has 3 aromatic rings. The van der Waals surface area contributed by atoms with Gasteiger partial charge >= 0.3 is 0 Å². The summed E-state index contributed by atoms with van der Waals surface area (Å²) in [5.41, 5.74) is 4.70. The predicted molar refractivity (Wildman–Crippen MR) is 93.2 cm³/mol. The summed E-state index contributed by atoms with van der Waals surface area (Å²) < 4.78 is 0. The van der Waals surface area contributed by atoms with Crippen LogP contribution in [0.1, 0.15) is 11.3 Å². The van der Waals surface area contributed by atoms with E-state index >= 15 is 0 Å². The van der Waals surface area contributed by atoms with Gasteiger partial charge in [0.05, 0.1) is 11.8 Å². The van der Waals surface area contributed by atoms with Gasteiger partial charge in [-0.25, -0.2) is 9.97 Å². The molecule has 0 atom stereocenters. The Kier molecular flexibility index (Phi) is 4.38. The van der Waals surface area contributed by atoms with E-state index in [2.05, 4.69) is 20.5 Å². The lowest BCUT2D eigenvalue weighted by atomic mass is 10.2. The van der Waals surface area contributed by atoms with Crippen LogP contribution < -0.4 is 5.43 Å². The summed E-state index contributed by atoms with van der Waals surface area (Å²) in [6.07, 6.45) is 1.51. The van der Waals surface area contributed by atoms with Crippen LogP contribution in [-0.2, 0) is 0 Å². The quantitative estimate of drug-likeness (QED) is 0.507. The third kappa shape index (κ3) is 3.49. The van der Waals surface area contributed by atoms with Gasteiger partial charge in [-0.1, -0.05) is 24.3 Å². The van der Waals surface area contributed by atoms with E-state index in [4.69, 9.17) is 0 Å². The number of hydrogen-bond acceptors (Lipinski definition) is 6. The zero-order chi connectivity index (χ0) is 16.9. The second-order valence-corrected chi connectivity index (χ2v) is 5.16. The molecule has 24 heavy (non-hydrogen) atoms. The van der Waals surface area contributed by atoms with Crippen molar-refractivity contribution in [1.82, 2.24) is 9.97 Å². The highest BCUT2D eigenvalue weighted by Gasteiger charge is 2.08. The molecule has 0 aliphatic carbocycles. The Balaban J connectivity index is 1.85. The summed E-state index contributed by atoms with van der Waals surface area (Å²) in [5.74, 6) is 1.17. The molecule has 6 nitrogen and oxygen atoms in total. The zero-order valence-corrected chi connectivity index (χ0v) is 13.0. The molecule has 0 saturated heterocycles. The highest BCUT2D eigenvalue weighted by molar-refractivity contribution is 5.83. The number of nitrogens with one attached hydrogen (secondary N) is 1. The molecular weight excluding hydrogens is 304 g/mol. The van der Waals surface area contributed by atoms with E-state index in [0.29, 0.717) is 22.8 Å². The Morgan fingerprint density at radius 1 is 0.958 bits per heavy atom. The molecule has 1 aromatic heterocycles. The maximum atomic E-state index is 9.94. The molecule has 0 radical (unpaired) electrons. The van der Waals surface area contributed by atoms with Crippen LogP contribution in [0.25, 0.3) is 11.4 Å². The molecule has 0 bridgehead atoms. The maximum Gasteiger partial charge on any atom is 0.165 e. The number of para-hydroxylation sites is 2. The molecule has 0 fully saturated rings. The number of aromatic nitrogens is 2. The molecule has 0 aliphatic heterocycles. The van der Waals surface area contributed by atoms with Crippen LogP contribution in [-0.4, -0.2) is 26.4 Å². The van der Waals surface area contributed by atoms with E-state index in [1.165, 1.54) is 6.21 Å². The number of phenols is 2. The van der Waals surface area contributed by atoms with Crippen molar-refractivity contribution in [2.45, 2.75) is 6.92 Å².